The van der Waals surface area contributed by atoms with Gasteiger partial charge in [0.05, 0.1) is 20.3 Å². The summed E-state index contributed by atoms with van der Waals surface area (Å²) in [6.45, 7) is -0.277. The first-order valence-corrected chi connectivity index (χ1v) is 6.43. The number of aliphatic hydroxyl groups excluding tert-OH is 2. The zero-order valence-corrected chi connectivity index (χ0v) is 11.4. The molecule has 0 aliphatic carbocycles. The van der Waals surface area contributed by atoms with Gasteiger partial charge in [0.2, 0.25) is 0 Å². The Kier molecular flexibility index (Phi) is 4.93. The fraction of sp³-hybridized carbons (Fsp3) is 0.176. The minimum Gasteiger partial charge on any atom is -0.496 e. The molecule has 0 aliphatic heterocycles. The van der Waals surface area contributed by atoms with Gasteiger partial charge in [0.1, 0.15) is 5.75 Å². The van der Waals surface area contributed by atoms with E-state index in [1.54, 1.807) is 7.11 Å². The number of methoxy groups -OCH3 is 1. The summed E-state index contributed by atoms with van der Waals surface area (Å²) < 4.78 is 5.27. The van der Waals surface area contributed by atoms with Gasteiger partial charge in [-0.3, -0.25) is 0 Å². The molecule has 20 heavy (non-hydrogen) atoms. The summed E-state index contributed by atoms with van der Waals surface area (Å²) in [5.41, 5.74) is 3.33. The van der Waals surface area contributed by atoms with Gasteiger partial charge in [-0.1, -0.05) is 42.5 Å². The molecule has 0 radical (unpaired) electrons. The molecule has 0 saturated carbocycles. The van der Waals surface area contributed by atoms with Crippen molar-refractivity contribution in [3.8, 4) is 5.75 Å². The summed E-state index contributed by atoms with van der Waals surface area (Å²) in [6, 6.07) is 13.7. The molecular weight excluding hydrogens is 252 g/mol. The van der Waals surface area contributed by atoms with Crippen molar-refractivity contribution in [3.63, 3.8) is 0 Å². The predicted octanol–water partition coefficient (Wildman–Crippen LogP) is 2.85. The van der Waals surface area contributed by atoms with Gasteiger partial charge >= 0.3 is 0 Å². The second-order valence-corrected chi connectivity index (χ2v) is 4.42. The molecule has 0 atom stereocenters. The van der Waals surface area contributed by atoms with E-state index < -0.39 is 0 Å². The molecule has 2 aromatic carbocycles. The van der Waals surface area contributed by atoms with Crippen molar-refractivity contribution in [3.05, 3.63) is 64.7 Å². The van der Waals surface area contributed by atoms with Gasteiger partial charge in [-0.05, 0) is 28.8 Å². The van der Waals surface area contributed by atoms with E-state index in [1.165, 1.54) is 0 Å². The Morgan fingerprint density at radius 1 is 0.950 bits per heavy atom. The maximum Gasteiger partial charge on any atom is 0.125 e. The van der Waals surface area contributed by atoms with Crippen LogP contribution in [0.1, 0.15) is 22.3 Å². The average Bonchev–Trinajstić information content (AvgIpc) is 2.52. The van der Waals surface area contributed by atoms with Crippen molar-refractivity contribution in [1.29, 1.82) is 0 Å². The van der Waals surface area contributed by atoms with Crippen LogP contribution in [0.3, 0.4) is 0 Å². The fourth-order valence-corrected chi connectivity index (χ4v) is 2.08. The number of aliphatic hydroxyl groups is 2. The third kappa shape index (κ3) is 3.26. The van der Waals surface area contributed by atoms with Crippen molar-refractivity contribution in [2.75, 3.05) is 7.11 Å². The number of benzene rings is 2. The number of hydrogen-bond acceptors (Lipinski definition) is 3. The van der Waals surface area contributed by atoms with Gasteiger partial charge in [-0.2, -0.15) is 0 Å². The van der Waals surface area contributed by atoms with Gasteiger partial charge in [-0.25, -0.2) is 0 Å². The molecule has 0 bridgehead atoms. The molecule has 0 heterocycles. The highest BCUT2D eigenvalue weighted by atomic mass is 16.5. The Labute approximate surface area is 118 Å². The maximum atomic E-state index is 9.39. The van der Waals surface area contributed by atoms with E-state index in [1.807, 2.05) is 54.6 Å². The average molecular weight is 270 g/mol. The first-order chi connectivity index (χ1) is 9.78. The Balaban J connectivity index is 2.35. The highest BCUT2D eigenvalue weighted by molar-refractivity contribution is 5.71. The minimum absolute atomic E-state index is 0.126. The summed E-state index contributed by atoms with van der Waals surface area (Å²) in [5.74, 6) is 0.590. The molecule has 0 fully saturated rings. The molecule has 0 aromatic heterocycles. The van der Waals surface area contributed by atoms with Crippen LogP contribution >= 0.6 is 0 Å². The Hall–Kier alpha value is -2.10. The van der Waals surface area contributed by atoms with Crippen LogP contribution in [0.2, 0.25) is 0 Å². The topological polar surface area (TPSA) is 49.7 Å². The van der Waals surface area contributed by atoms with Crippen molar-refractivity contribution >= 4 is 12.2 Å². The highest BCUT2D eigenvalue weighted by Gasteiger charge is 2.09. The van der Waals surface area contributed by atoms with Crippen molar-refractivity contribution in [2.45, 2.75) is 13.2 Å². The van der Waals surface area contributed by atoms with E-state index in [0.717, 1.165) is 11.1 Å². The van der Waals surface area contributed by atoms with Crippen LogP contribution in [0, 0.1) is 0 Å². The molecule has 3 nitrogen and oxygen atoms in total. The summed E-state index contributed by atoms with van der Waals surface area (Å²) in [5, 5.41) is 18.7. The van der Waals surface area contributed by atoms with Crippen molar-refractivity contribution in [2.24, 2.45) is 0 Å². The molecule has 2 aromatic rings. The molecular formula is C17H18O3. The van der Waals surface area contributed by atoms with Crippen LogP contribution in [-0.2, 0) is 13.2 Å². The van der Waals surface area contributed by atoms with Crippen LogP contribution in [0.4, 0.5) is 0 Å². The van der Waals surface area contributed by atoms with E-state index in [0.29, 0.717) is 16.9 Å². The highest BCUT2D eigenvalue weighted by Crippen LogP contribution is 2.26. The molecule has 2 N–H and O–H groups in total. The second-order valence-electron chi connectivity index (χ2n) is 4.42. The molecule has 0 aliphatic rings. The van der Waals surface area contributed by atoms with Gasteiger partial charge in [0.15, 0.2) is 0 Å². The van der Waals surface area contributed by atoms with Crippen LogP contribution in [0.15, 0.2) is 42.5 Å². The zero-order chi connectivity index (χ0) is 14.4. The lowest BCUT2D eigenvalue weighted by Crippen LogP contribution is -1.99. The van der Waals surface area contributed by atoms with Gasteiger partial charge < -0.3 is 14.9 Å². The van der Waals surface area contributed by atoms with Crippen molar-refractivity contribution in [1.82, 2.24) is 0 Å². The SMILES string of the molecule is COc1cc(/C=C\c2ccccc2)cc(CO)c1CO. The predicted molar refractivity (Wildman–Crippen MR) is 80.2 cm³/mol. The Bertz CT molecular complexity index is 563. The van der Waals surface area contributed by atoms with E-state index in [9.17, 15) is 10.2 Å². The molecule has 0 saturated heterocycles. The minimum atomic E-state index is -0.151. The summed E-state index contributed by atoms with van der Waals surface area (Å²) in [4.78, 5) is 0. The van der Waals surface area contributed by atoms with Gasteiger partial charge in [-0.15, -0.1) is 0 Å². The number of hydrogen-bond donors (Lipinski definition) is 2. The van der Waals surface area contributed by atoms with E-state index in [2.05, 4.69) is 0 Å². The number of ether oxygens (including phenoxy) is 1. The van der Waals surface area contributed by atoms with Crippen LogP contribution in [0.25, 0.3) is 12.2 Å². The summed E-state index contributed by atoms with van der Waals surface area (Å²) in [7, 11) is 1.56. The zero-order valence-electron chi connectivity index (χ0n) is 11.4. The molecule has 3 heteroatoms. The lowest BCUT2D eigenvalue weighted by Gasteiger charge is -2.12. The first kappa shape index (κ1) is 14.3. The smallest absolute Gasteiger partial charge is 0.125 e. The summed E-state index contributed by atoms with van der Waals surface area (Å²) >= 11 is 0. The van der Waals surface area contributed by atoms with Gasteiger partial charge in [0.25, 0.3) is 0 Å². The summed E-state index contributed by atoms with van der Waals surface area (Å²) in [6.07, 6.45) is 3.95. The van der Waals surface area contributed by atoms with Crippen LogP contribution < -0.4 is 4.74 Å². The molecule has 2 rings (SSSR count). The number of rotatable bonds is 5. The lowest BCUT2D eigenvalue weighted by molar-refractivity contribution is 0.254. The maximum absolute atomic E-state index is 9.39. The van der Waals surface area contributed by atoms with Crippen LogP contribution in [-0.4, -0.2) is 17.3 Å². The lowest BCUT2D eigenvalue weighted by atomic mass is 10.0. The van der Waals surface area contributed by atoms with Gasteiger partial charge in [0, 0.05) is 5.56 Å². The molecule has 0 spiro atoms. The Morgan fingerprint density at radius 3 is 2.25 bits per heavy atom. The first-order valence-electron chi connectivity index (χ1n) is 6.43. The molecule has 0 amide bonds. The molecule has 0 unspecified atom stereocenters. The van der Waals surface area contributed by atoms with Crippen LogP contribution in [0.5, 0.6) is 5.75 Å². The monoisotopic (exact) mass is 270 g/mol. The third-order valence-corrected chi connectivity index (χ3v) is 3.14. The quantitative estimate of drug-likeness (QED) is 0.821. The third-order valence-electron chi connectivity index (χ3n) is 3.14. The normalized spacial score (nSPS) is 10.9. The largest absolute Gasteiger partial charge is 0.496 e. The molecule has 104 valence electrons. The van der Waals surface area contributed by atoms with Crippen molar-refractivity contribution < 1.29 is 14.9 Å². The fourth-order valence-electron chi connectivity index (χ4n) is 2.08. The second kappa shape index (κ2) is 6.89. The van der Waals surface area contributed by atoms with E-state index in [4.69, 9.17) is 4.74 Å². The van der Waals surface area contributed by atoms with E-state index in [-0.39, 0.29) is 13.2 Å². The Morgan fingerprint density at radius 2 is 1.65 bits per heavy atom. The standard InChI is InChI=1S/C17H18O3/c1-20-17-10-14(9-15(11-18)16(17)12-19)8-7-13-5-3-2-4-6-13/h2-10,18-19H,11-12H2,1H3/b8-7-. The van der Waals surface area contributed by atoms with E-state index >= 15 is 0 Å².